The standard InChI is InChI=1S/C33H30ClF4N7O3S/c34-23-21(17-3-4-19(35)27-20(17)18(13-39)29(40)49-27)24(36)25-22-26(23)47-14-16-5-10-43(31(46)28(37)38)11-12-45(16)30(22)42-32(41-25)48-15-33-6-1-8-44(33)9-2-7-33/h3-4,16,28H,1-2,5-12,14-15,40H2. The topological polar surface area (TPSA) is 121 Å². The Morgan fingerprint density at radius 3 is 2.67 bits per heavy atom. The molecule has 0 aliphatic carbocycles. The molecule has 4 aromatic rings. The maximum absolute atomic E-state index is 17.2. The summed E-state index contributed by atoms with van der Waals surface area (Å²) in [7, 11) is 0. The SMILES string of the molecule is N#Cc1c(N)sc2c(F)ccc(-c3c(Cl)c4c5c(nc(OCC67CCCN6CCC7)nc5c3F)N3CCN(C(=O)C(F)F)CCC3CO4)c12. The predicted octanol–water partition coefficient (Wildman–Crippen LogP) is 5.97. The molecule has 16 heteroatoms. The van der Waals surface area contributed by atoms with E-state index in [1.54, 1.807) is 0 Å². The highest BCUT2D eigenvalue weighted by Gasteiger charge is 2.45. The molecule has 0 radical (unpaired) electrons. The van der Waals surface area contributed by atoms with Crippen LogP contribution in [0, 0.1) is 23.0 Å². The number of anilines is 2. The fourth-order valence-electron chi connectivity index (χ4n) is 8.02. The van der Waals surface area contributed by atoms with Crippen molar-refractivity contribution in [2.24, 2.45) is 0 Å². The number of ether oxygens (including phenoxy) is 2. The third-order valence-electron chi connectivity index (χ3n) is 10.4. The number of thiophene rings is 1. The van der Waals surface area contributed by atoms with Crippen LogP contribution in [0.2, 0.25) is 5.02 Å². The first-order chi connectivity index (χ1) is 23.6. The van der Waals surface area contributed by atoms with Gasteiger partial charge in [0.05, 0.1) is 32.3 Å². The Hall–Kier alpha value is -4.13. The Balaban J connectivity index is 1.32. The normalized spacial score (nSPS) is 20.2. The van der Waals surface area contributed by atoms with Crippen LogP contribution in [0.1, 0.15) is 37.7 Å². The summed E-state index contributed by atoms with van der Waals surface area (Å²) in [5.74, 6) is -2.43. The highest BCUT2D eigenvalue weighted by molar-refractivity contribution is 7.23. The number of amides is 1. The van der Waals surface area contributed by atoms with Crippen LogP contribution >= 0.6 is 22.9 Å². The van der Waals surface area contributed by atoms with Gasteiger partial charge in [0.1, 0.15) is 41.4 Å². The molecular formula is C33H30ClF4N7O3S. The van der Waals surface area contributed by atoms with Crippen LogP contribution in [0.4, 0.5) is 28.4 Å². The Bertz CT molecular complexity index is 2060. The quantitative estimate of drug-likeness (QED) is 0.249. The number of nitrogen functional groups attached to an aromatic ring is 1. The summed E-state index contributed by atoms with van der Waals surface area (Å²) in [6, 6.07) is 3.99. The van der Waals surface area contributed by atoms with Crippen LogP contribution in [0.3, 0.4) is 0 Å². The zero-order chi connectivity index (χ0) is 34.2. The highest BCUT2D eigenvalue weighted by Crippen LogP contribution is 2.51. The molecule has 2 aromatic heterocycles. The van der Waals surface area contributed by atoms with Crippen LogP contribution in [0.25, 0.3) is 32.1 Å². The number of benzene rings is 2. The lowest BCUT2D eigenvalue weighted by molar-refractivity contribution is -0.142. The summed E-state index contributed by atoms with van der Waals surface area (Å²) in [5.41, 5.74) is 5.72. The second-order valence-electron chi connectivity index (χ2n) is 12.9. The molecule has 1 atom stereocenters. The molecule has 49 heavy (non-hydrogen) atoms. The third-order valence-corrected chi connectivity index (χ3v) is 11.8. The van der Waals surface area contributed by atoms with Gasteiger partial charge in [0.2, 0.25) is 0 Å². The third kappa shape index (κ3) is 5.01. The molecule has 0 spiro atoms. The maximum atomic E-state index is 17.2. The van der Waals surface area contributed by atoms with Crippen molar-refractivity contribution in [2.45, 2.75) is 50.1 Å². The number of fused-ring (bicyclic) bond motifs is 4. The van der Waals surface area contributed by atoms with Gasteiger partial charge in [0.15, 0.2) is 11.6 Å². The van der Waals surface area contributed by atoms with Gasteiger partial charge in [-0.25, -0.2) is 8.78 Å². The predicted molar refractivity (Wildman–Crippen MR) is 177 cm³/mol. The lowest BCUT2D eigenvalue weighted by Crippen LogP contribution is -2.43. The molecule has 1 amide bonds. The molecule has 8 rings (SSSR count). The molecular weight excluding hydrogens is 686 g/mol. The van der Waals surface area contributed by atoms with Gasteiger partial charge >= 0.3 is 12.4 Å². The van der Waals surface area contributed by atoms with E-state index in [0.29, 0.717) is 6.61 Å². The first-order valence-corrected chi connectivity index (χ1v) is 17.3. The summed E-state index contributed by atoms with van der Waals surface area (Å²) in [5, 5.41) is 10.1. The summed E-state index contributed by atoms with van der Waals surface area (Å²) in [6.45, 7) is 2.38. The average molecular weight is 716 g/mol. The Morgan fingerprint density at radius 1 is 1.16 bits per heavy atom. The fraction of sp³-hybridized carbons (Fsp3) is 0.455. The Kier molecular flexibility index (Phi) is 7.88. The molecule has 4 aliphatic rings. The van der Waals surface area contributed by atoms with Crippen molar-refractivity contribution < 1.29 is 31.8 Å². The van der Waals surface area contributed by atoms with Gasteiger partial charge < -0.3 is 25.0 Å². The second kappa shape index (κ2) is 12.0. The highest BCUT2D eigenvalue weighted by atomic mass is 35.5. The van der Waals surface area contributed by atoms with Crippen molar-refractivity contribution in [3.8, 4) is 29.0 Å². The van der Waals surface area contributed by atoms with E-state index in [1.807, 2.05) is 11.0 Å². The van der Waals surface area contributed by atoms with Crippen molar-refractivity contribution in [3.63, 3.8) is 0 Å². The zero-order valence-corrected chi connectivity index (χ0v) is 27.7. The number of nitrogens with zero attached hydrogens (tertiary/aromatic N) is 6. The number of carbonyl (C=O) groups is 1. The van der Waals surface area contributed by atoms with Crippen LogP contribution < -0.4 is 20.1 Å². The molecule has 6 heterocycles. The largest absolute Gasteiger partial charge is 0.489 e. The van der Waals surface area contributed by atoms with Gasteiger partial charge in [-0.1, -0.05) is 17.7 Å². The number of hydrogen-bond donors (Lipinski definition) is 1. The number of aromatic nitrogens is 2. The van der Waals surface area contributed by atoms with E-state index in [9.17, 15) is 23.2 Å². The smallest absolute Gasteiger partial charge is 0.319 e. The monoisotopic (exact) mass is 715 g/mol. The van der Waals surface area contributed by atoms with Crippen LogP contribution in [0.15, 0.2) is 12.1 Å². The van der Waals surface area contributed by atoms with Crippen molar-refractivity contribution in [1.82, 2.24) is 19.8 Å². The van der Waals surface area contributed by atoms with Gasteiger partial charge in [-0.05, 0) is 56.8 Å². The minimum atomic E-state index is -3.14. The Morgan fingerprint density at radius 2 is 1.94 bits per heavy atom. The first-order valence-electron chi connectivity index (χ1n) is 16.1. The molecule has 2 aromatic carbocycles. The fourth-order valence-corrected chi connectivity index (χ4v) is 9.30. The number of rotatable bonds is 5. The molecule has 3 saturated heterocycles. The number of nitrogens with two attached hydrogens (primary N) is 1. The van der Waals surface area contributed by atoms with Crippen LogP contribution in [0.5, 0.6) is 11.8 Å². The minimum Gasteiger partial charge on any atom is -0.489 e. The van der Waals surface area contributed by atoms with E-state index in [2.05, 4.69) is 9.88 Å². The van der Waals surface area contributed by atoms with E-state index in [4.69, 9.17) is 31.8 Å². The molecule has 10 nitrogen and oxygen atoms in total. The zero-order valence-electron chi connectivity index (χ0n) is 26.1. The summed E-state index contributed by atoms with van der Waals surface area (Å²) in [6.07, 6.45) is 1.10. The first kappa shape index (κ1) is 32.1. The van der Waals surface area contributed by atoms with E-state index in [0.717, 1.165) is 61.1 Å². The summed E-state index contributed by atoms with van der Waals surface area (Å²) < 4.78 is 71.6. The van der Waals surface area contributed by atoms with E-state index in [1.165, 1.54) is 6.07 Å². The van der Waals surface area contributed by atoms with E-state index >= 15 is 4.39 Å². The van der Waals surface area contributed by atoms with Gasteiger partial charge in [0.25, 0.3) is 5.91 Å². The lowest BCUT2D eigenvalue weighted by atomic mass is 9.95. The minimum absolute atomic E-state index is 0.00235. The van der Waals surface area contributed by atoms with Crippen molar-refractivity contribution in [3.05, 3.63) is 34.4 Å². The summed E-state index contributed by atoms with van der Waals surface area (Å²) in [4.78, 5) is 26.9. The molecule has 3 fully saturated rings. The molecule has 256 valence electrons. The number of nitriles is 1. The van der Waals surface area contributed by atoms with Gasteiger partial charge in [-0.15, -0.1) is 11.3 Å². The maximum Gasteiger partial charge on any atom is 0.319 e. The number of halogens is 5. The lowest BCUT2D eigenvalue weighted by Gasteiger charge is -2.32. The summed E-state index contributed by atoms with van der Waals surface area (Å²) >= 11 is 7.89. The van der Waals surface area contributed by atoms with E-state index in [-0.39, 0.29) is 103 Å². The van der Waals surface area contributed by atoms with Gasteiger partial charge in [0, 0.05) is 30.6 Å². The van der Waals surface area contributed by atoms with Crippen LogP contribution in [-0.2, 0) is 4.79 Å². The number of carbonyl (C=O) groups excluding carboxylic acids is 1. The molecule has 1 unspecified atom stereocenters. The van der Waals surface area contributed by atoms with E-state index < -0.39 is 30.0 Å². The second-order valence-corrected chi connectivity index (χ2v) is 14.3. The Labute approximate surface area is 286 Å². The van der Waals surface area contributed by atoms with Crippen molar-refractivity contribution >= 4 is 60.7 Å². The number of alkyl halides is 2. The van der Waals surface area contributed by atoms with Crippen LogP contribution in [-0.4, -0.2) is 89.6 Å². The van der Waals surface area contributed by atoms with Crippen molar-refractivity contribution in [2.75, 3.05) is 56.6 Å². The average Bonchev–Trinajstić information content (AvgIpc) is 3.68. The molecule has 4 aliphatic heterocycles. The van der Waals surface area contributed by atoms with Gasteiger partial charge in [-0.3, -0.25) is 9.69 Å². The molecule has 2 N–H and O–H groups in total. The van der Waals surface area contributed by atoms with Gasteiger partial charge in [-0.2, -0.15) is 24.0 Å². The van der Waals surface area contributed by atoms with Crippen molar-refractivity contribution in [1.29, 1.82) is 5.26 Å². The molecule has 0 saturated carbocycles. The molecule has 0 bridgehead atoms. The number of hydrogen-bond acceptors (Lipinski definition) is 10.